The minimum atomic E-state index is -2.60. The van der Waals surface area contributed by atoms with E-state index in [2.05, 4.69) is 68.9 Å². The molecule has 0 bridgehead atoms. The molecule has 8 aromatic carbocycles. The van der Waals surface area contributed by atoms with Crippen LogP contribution in [-0.4, -0.2) is 210 Å². The number of halogens is 5. The van der Waals surface area contributed by atoms with Crippen LogP contribution in [0.5, 0.6) is 40.2 Å². The first-order valence-corrected chi connectivity index (χ1v) is 45.0. The van der Waals surface area contributed by atoms with Crippen molar-refractivity contribution < 1.29 is 56.2 Å². The van der Waals surface area contributed by atoms with Crippen molar-refractivity contribution in [2.75, 3.05) is 134 Å². The summed E-state index contributed by atoms with van der Waals surface area (Å²) in [7, 11) is 15.3. The quantitative estimate of drug-likeness (QED) is 0.0396. The van der Waals surface area contributed by atoms with E-state index in [1.807, 2.05) is 164 Å². The molecule has 10 heterocycles. The van der Waals surface area contributed by atoms with Gasteiger partial charge in [0.1, 0.15) is 68.9 Å². The number of alkyl halides is 2. The average molecular weight is 1880 g/mol. The third-order valence-electron chi connectivity index (χ3n) is 22.7. The molecule has 0 amide bonds. The molecule has 31 nitrogen and oxygen atoms in total. The molecule has 2 saturated heterocycles. The Morgan fingerprint density at radius 2 is 0.874 bits per heavy atom. The summed E-state index contributed by atoms with van der Waals surface area (Å²) in [6.07, 6.45) is 27.4. The molecule has 1 atom stereocenters. The number of nitrogens with zero attached hydrogens (tertiary/aromatic N) is 21. The number of fused-ring (bicyclic) bond motifs is 4. The molecule has 3 N–H and O–H groups in total. The summed E-state index contributed by atoms with van der Waals surface area (Å²) in [5, 5.41) is 27.2. The van der Waals surface area contributed by atoms with Gasteiger partial charge in [-0.25, -0.2) is 37.8 Å². The summed E-state index contributed by atoms with van der Waals surface area (Å²) in [5.74, 6) is 1.11. The van der Waals surface area contributed by atoms with Crippen LogP contribution in [0.25, 0.3) is 89.2 Å². The largest absolute Gasteiger partial charge is 0.497 e. The lowest BCUT2D eigenvalue weighted by Gasteiger charge is -2.27. The maximum Gasteiger partial charge on any atom is 0.261 e. The first-order chi connectivity index (χ1) is 65.5. The second kappa shape index (κ2) is 44.2. The molecule has 8 aromatic heterocycles. The van der Waals surface area contributed by atoms with Gasteiger partial charge in [0, 0.05) is 216 Å². The molecule has 1 unspecified atom stereocenters. The average Bonchev–Trinajstić information content (AvgIpc) is 1.72. The number of hydrogen-bond donors (Lipinski definition) is 2. The van der Waals surface area contributed by atoms with E-state index in [9.17, 15) is 13.2 Å². The molecule has 0 aliphatic carbocycles. The Kier molecular flexibility index (Phi) is 31.3. The van der Waals surface area contributed by atoms with E-state index in [1.54, 1.807) is 124 Å². The summed E-state index contributed by atoms with van der Waals surface area (Å²) < 4.78 is 93.0. The van der Waals surface area contributed by atoms with Crippen LogP contribution in [0.3, 0.4) is 0 Å². The third-order valence-corrected chi connectivity index (χ3v) is 23.5. The summed E-state index contributed by atoms with van der Waals surface area (Å²) in [6, 6.07) is 41.2. The van der Waals surface area contributed by atoms with E-state index in [1.165, 1.54) is 12.1 Å². The second-order valence-electron chi connectivity index (χ2n) is 32.2. The zero-order valence-electron chi connectivity index (χ0n) is 77.0. The Morgan fingerprint density at radius 3 is 1.26 bits per heavy atom. The predicted octanol–water partition coefficient (Wildman–Crippen LogP) is 19.2. The Morgan fingerprint density at radius 1 is 0.459 bits per heavy atom. The third kappa shape index (κ3) is 23.3. The maximum atomic E-state index is 14.2. The van der Waals surface area contributed by atoms with Crippen LogP contribution < -0.4 is 58.5 Å². The van der Waals surface area contributed by atoms with Crippen molar-refractivity contribution in [2.24, 2.45) is 26.9 Å². The lowest BCUT2D eigenvalue weighted by Crippen LogP contribution is -2.29. The molecule has 36 heteroatoms. The normalized spacial score (nSPS) is 13.5. The van der Waals surface area contributed by atoms with Crippen LogP contribution >= 0.6 is 23.2 Å². The van der Waals surface area contributed by atoms with Crippen molar-refractivity contribution in [1.82, 2.24) is 83.9 Å². The molecule has 2 aliphatic heterocycles. The molecule has 2 fully saturated rings. The van der Waals surface area contributed by atoms with Crippen LogP contribution in [-0.2, 0) is 25.9 Å². The van der Waals surface area contributed by atoms with Gasteiger partial charge in [0.15, 0.2) is 0 Å². The van der Waals surface area contributed by atoms with Crippen LogP contribution in [0.1, 0.15) is 65.0 Å². The molecule has 16 aromatic rings. The van der Waals surface area contributed by atoms with Crippen molar-refractivity contribution in [3.63, 3.8) is 0 Å². The zero-order chi connectivity index (χ0) is 94.8. The Labute approximate surface area is 789 Å². The molecular formula is C99H107Cl2F3N22O9. The number of anilines is 8. The summed E-state index contributed by atoms with van der Waals surface area (Å²) >= 11 is 13.4. The van der Waals surface area contributed by atoms with Gasteiger partial charge in [-0.3, -0.25) is 38.9 Å². The minimum Gasteiger partial charge on any atom is -0.497 e. The number of methoxy groups -OCH3 is 6. The van der Waals surface area contributed by atoms with Crippen molar-refractivity contribution >= 4 is 113 Å². The highest BCUT2D eigenvalue weighted by atomic mass is 35.5. The van der Waals surface area contributed by atoms with Gasteiger partial charge in [-0.2, -0.15) is 20.4 Å². The second-order valence-corrected chi connectivity index (χ2v) is 33.0. The monoisotopic (exact) mass is 1870 g/mol. The molecule has 2 aliphatic rings. The highest BCUT2D eigenvalue weighted by Gasteiger charge is 2.38. The van der Waals surface area contributed by atoms with Gasteiger partial charge in [-0.05, 0) is 117 Å². The SMILES string of the molecule is CCCN(c1ccc2ncc(-c3cnn(C)c3)nc2c1)c1cc(OC)cc(OC)c1Cl.CCCN(c1ccc2ncc(-c3cnn(C)c3)nc2c1)c1cc(OC)cc(OC)c1Cl.COc1cc(OC)cc(N(CCCN2CCC(F)(F)C2)c2ccc3ncc(-c4cnn(C5CCCCO5)c4)nc3c2)c1.Cn1cc(-c2cnc3ccc(N(CCN)c4cc(F)cc(OCCO)c4)cc3n2)cn1. The van der Waals surface area contributed by atoms with E-state index < -0.39 is 11.7 Å². The zero-order valence-corrected chi connectivity index (χ0v) is 78.5. The molecule has 0 spiro atoms. The summed E-state index contributed by atoms with van der Waals surface area (Å²) in [5.41, 5.74) is 25.4. The van der Waals surface area contributed by atoms with E-state index in [-0.39, 0.29) is 32.4 Å². The number of hydrogen-bond acceptors (Lipinski definition) is 27. The number of ether oxygens (including phenoxy) is 8. The number of aliphatic hydroxyl groups is 1. The molecule has 0 radical (unpaired) electrons. The van der Waals surface area contributed by atoms with Gasteiger partial charge in [0.2, 0.25) is 0 Å². The summed E-state index contributed by atoms with van der Waals surface area (Å²) in [4.78, 5) is 47.8. The van der Waals surface area contributed by atoms with Gasteiger partial charge in [0.25, 0.3) is 5.92 Å². The van der Waals surface area contributed by atoms with Crippen LogP contribution in [0.4, 0.5) is 58.7 Å². The standard InChI is InChI=1S/C31H36F2N6O3.2C23H24ClN5O2.C22H23FN6O2/c1-40-25-14-24(15-26(17-25)41-2)38(11-5-10-37-12-9-31(32,33)21-37)23-7-8-27-28(16-23)36-29(19-34-27)22-18-35-39(20-22)30-6-3-4-13-42-30;2*1-5-8-29(21-10-17(30-3)11-22(31-4)23(21)24)16-6-7-18-19(9-16)27-20(13-25-18)15-12-26-28(2)14-15;1-28-14-15(12-26-28)22-13-25-20-3-2-17(11-21(20)27-22)29(5-4-24)18-8-16(23)9-19(10-18)31-7-6-30/h7-8,14-20,30H,3-6,9-13,21H2,1-2H3;2*6-7,9-14H,5,8H2,1-4H3;2-3,8-14,30H,4-7,24H2,1H3. The first-order valence-electron chi connectivity index (χ1n) is 44.3. The molecular weight excluding hydrogens is 1770 g/mol. The minimum absolute atomic E-state index is 0.0484. The van der Waals surface area contributed by atoms with Crippen LogP contribution in [0, 0.1) is 5.82 Å². The lowest BCUT2D eigenvalue weighted by molar-refractivity contribution is -0.0394. The molecule has 0 saturated carbocycles. The van der Waals surface area contributed by atoms with Crippen molar-refractivity contribution in [2.45, 2.75) is 70.9 Å². The van der Waals surface area contributed by atoms with Gasteiger partial charge >= 0.3 is 0 Å². The van der Waals surface area contributed by atoms with Gasteiger partial charge in [-0.1, -0.05) is 37.0 Å². The highest BCUT2D eigenvalue weighted by molar-refractivity contribution is 6.35. The Hall–Kier alpha value is -14.0. The lowest BCUT2D eigenvalue weighted by atomic mass is 10.1. The van der Waals surface area contributed by atoms with Gasteiger partial charge < -0.3 is 68.3 Å². The van der Waals surface area contributed by atoms with Crippen molar-refractivity contribution in [3.05, 3.63) is 224 Å². The Bertz CT molecular complexity index is 6550. The van der Waals surface area contributed by atoms with E-state index in [4.69, 9.17) is 91.9 Å². The number of aromatic nitrogens is 16. The van der Waals surface area contributed by atoms with Gasteiger partial charge in [0.05, 0.1) is 184 Å². The highest BCUT2D eigenvalue weighted by Crippen LogP contribution is 2.46. The molecule has 135 heavy (non-hydrogen) atoms. The first kappa shape index (κ1) is 95.6. The van der Waals surface area contributed by atoms with E-state index >= 15 is 0 Å². The number of likely N-dealkylation sites (tertiary alicyclic amines) is 1. The van der Waals surface area contributed by atoms with Crippen LogP contribution in [0.15, 0.2) is 208 Å². The fraction of sp³-hybridized carbons (Fsp3) is 0.313. The summed E-state index contributed by atoms with van der Waals surface area (Å²) in [6.45, 7) is 8.70. The fourth-order valence-electron chi connectivity index (χ4n) is 16.0. The molecule has 18 rings (SSSR count). The number of aryl methyl sites for hydroxylation is 3. The maximum absolute atomic E-state index is 14.2. The fourth-order valence-corrected chi connectivity index (χ4v) is 16.6. The van der Waals surface area contributed by atoms with Crippen molar-refractivity contribution in [1.29, 1.82) is 0 Å². The van der Waals surface area contributed by atoms with Crippen molar-refractivity contribution in [3.8, 4) is 85.3 Å². The number of nitrogens with two attached hydrogens (primary N) is 1. The van der Waals surface area contributed by atoms with E-state index in [0.717, 1.165) is 170 Å². The van der Waals surface area contributed by atoms with E-state index in [0.29, 0.717) is 106 Å². The predicted molar refractivity (Wildman–Crippen MR) is 521 cm³/mol. The Balaban J connectivity index is 0.000000138. The molecule has 702 valence electrons. The smallest absolute Gasteiger partial charge is 0.261 e. The number of rotatable bonds is 32. The topological polar surface area (TPSA) is 311 Å². The van der Waals surface area contributed by atoms with Gasteiger partial charge in [-0.15, -0.1) is 0 Å². The van der Waals surface area contributed by atoms with Crippen LogP contribution in [0.2, 0.25) is 10.0 Å². The number of aliphatic hydroxyl groups excluding tert-OH is 1. The number of benzene rings is 8.